The zero-order chi connectivity index (χ0) is 20.1. The zero-order valence-electron chi connectivity index (χ0n) is 15.3. The Kier molecular flexibility index (Phi) is 5.69. The maximum atomic E-state index is 13.1. The summed E-state index contributed by atoms with van der Waals surface area (Å²) >= 11 is 0. The van der Waals surface area contributed by atoms with Gasteiger partial charge in [0.05, 0.1) is 17.3 Å². The fourth-order valence-electron chi connectivity index (χ4n) is 2.69. The van der Waals surface area contributed by atoms with E-state index in [-0.39, 0.29) is 23.4 Å². The summed E-state index contributed by atoms with van der Waals surface area (Å²) in [7, 11) is 0. The molecule has 3 aromatic rings. The number of nitrogens with one attached hydrogen (secondary N) is 2. The molecule has 0 saturated carbocycles. The molecule has 5 nitrogen and oxygen atoms in total. The number of amides is 2. The Hall–Kier alpha value is -3.67. The molecule has 1 atom stereocenters. The van der Waals surface area contributed by atoms with E-state index >= 15 is 0 Å². The molecule has 0 aliphatic heterocycles. The van der Waals surface area contributed by atoms with Crippen molar-refractivity contribution in [2.45, 2.75) is 12.8 Å². The summed E-state index contributed by atoms with van der Waals surface area (Å²) in [5.41, 5.74) is 8.08. The van der Waals surface area contributed by atoms with Crippen LogP contribution in [0.1, 0.15) is 28.8 Å². The van der Waals surface area contributed by atoms with E-state index in [0.29, 0.717) is 16.9 Å². The van der Waals surface area contributed by atoms with Crippen LogP contribution in [0.15, 0.2) is 72.8 Å². The van der Waals surface area contributed by atoms with Gasteiger partial charge in [0.25, 0.3) is 5.91 Å². The summed E-state index contributed by atoms with van der Waals surface area (Å²) in [4.78, 5) is 24.7. The first-order valence-electron chi connectivity index (χ1n) is 8.76. The van der Waals surface area contributed by atoms with Gasteiger partial charge < -0.3 is 16.4 Å². The summed E-state index contributed by atoms with van der Waals surface area (Å²) in [5.74, 6) is -1.29. The van der Waals surface area contributed by atoms with Crippen LogP contribution in [0.3, 0.4) is 0 Å². The maximum absolute atomic E-state index is 13.1. The minimum atomic E-state index is -0.472. The van der Waals surface area contributed by atoms with Gasteiger partial charge in [-0.15, -0.1) is 0 Å². The van der Waals surface area contributed by atoms with E-state index in [9.17, 15) is 14.0 Å². The van der Waals surface area contributed by atoms with Crippen LogP contribution < -0.4 is 16.4 Å². The number of hydrogen-bond donors (Lipinski definition) is 3. The highest BCUT2D eigenvalue weighted by Gasteiger charge is 2.15. The van der Waals surface area contributed by atoms with Gasteiger partial charge in [0.1, 0.15) is 5.82 Å². The number of nitrogens with two attached hydrogens (primary N) is 1. The predicted molar refractivity (Wildman–Crippen MR) is 109 cm³/mol. The van der Waals surface area contributed by atoms with E-state index < -0.39 is 5.82 Å². The fraction of sp³-hybridized carbons (Fsp3) is 0.0909. The van der Waals surface area contributed by atoms with Crippen molar-refractivity contribution in [3.05, 3.63) is 89.7 Å². The topological polar surface area (TPSA) is 84.2 Å². The lowest BCUT2D eigenvalue weighted by Crippen LogP contribution is -2.19. The molecule has 0 bridgehead atoms. The lowest BCUT2D eigenvalue weighted by atomic mass is 10.0. The Morgan fingerprint density at radius 3 is 2.25 bits per heavy atom. The second kappa shape index (κ2) is 8.35. The molecule has 0 aliphatic carbocycles. The van der Waals surface area contributed by atoms with E-state index in [2.05, 4.69) is 10.6 Å². The molecule has 2 amide bonds. The number of benzene rings is 3. The van der Waals surface area contributed by atoms with Gasteiger partial charge in [-0.25, -0.2) is 4.39 Å². The SMILES string of the molecule is C[C@H](C(=O)Nc1ccc(C(=O)Nc2ccc(F)cc2N)cc1)c1ccccc1. The average molecular weight is 377 g/mol. The molecule has 0 aliphatic rings. The summed E-state index contributed by atoms with van der Waals surface area (Å²) in [6, 6.07) is 19.7. The van der Waals surface area contributed by atoms with Crippen LogP contribution in [0.25, 0.3) is 0 Å². The second-order valence-electron chi connectivity index (χ2n) is 6.38. The van der Waals surface area contributed by atoms with E-state index in [1.165, 1.54) is 12.1 Å². The molecule has 4 N–H and O–H groups in total. The van der Waals surface area contributed by atoms with Gasteiger partial charge in [-0.05, 0) is 55.0 Å². The molecule has 3 aromatic carbocycles. The van der Waals surface area contributed by atoms with Crippen molar-refractivity contribution in [2.24, 2.45) is 0 Å². The molecule has 3 rings (SSSR count). The van der Waals surface area contributed by atoms with Crippen LogP contribution in [0.5, 0.6) is 0 Å². The van der Waals surface area contributed by atoms with Gasteiger partial charge in [-0.1, -0.05) is 30.3 Å². The standard InChI is InChI=1S/C22H20FN3O2/c1-14(15-5-3-2-4-6-15)21(27)25-18-10-7-16(8-11-18)22(28)26-20-12-9-17(23)13-19(20)24/h2-14H,24H2,1H3,(H,25,27)(H,26,28)/t14-/m0/s1. The first-order chi connectivity index (χ1) is 13.4. The van der Waals surface area contributed by atoms with Gasteiger partial charge in [0.2, 0.25) is 5.91 Å². The molecule has 0 fully saturated rings. The third-order valence-corrected chi connectivity index (χ3v) is 4.37. The smallest absolute Gasteiger partial charge is 0.255 e. The Morgan fingerprint density at radius 2 is 1.61 bits per heavy atom. The molecule has 0 aromatic heterocycles. The number of nitrogen functional groups attached to an aromatic ring is 1. The van der Waals surface area contributed by atoms with Crippen molar-refractivity contribution >= 4 is 28.9 Å². The third kappa shape index (κ3) is 4.54. The summed E-state index contributed by atoms with van der Waals surface area (Å²) in [6.45, 7) is 1.83. The van der Waals surface area contributed by atoms with Crippen LogP contribution in [-0.2, 0) is 4.79 Å². The Balaban J connectivity index is 1.64. The van der Waals surface area contributed by atoms with Crippen LogP contribution in [0.2, 0.25) is 0 Å². The summed E-state index contributed by atoms with van der Waals surface area (Å²) < 4.78 is 13.1. The molecule has 28 heavy (non-hydrogen) atoms. The molecule has 0 radical (unpaired) electrons. The Labute approximate surface area is 162 Å². The van der Waals surface area contributed by atoms with Crippen molar-refractivity contribution in [1.29, 1.82) is 0 Å². The van der Waals surface area contributed by atoms with E-state index in [0.717, 1.165) is 11.6 Å². The maximum Gasteiger partial charge on any atom is 0.255 e. The van der Waals surface area contributed by atoms with Crippen LogP contribution >= 0.6 is 0 Å². The highest BCUT2D eigenvalue weighted by Crippen LogP contribution is 2.21. The second-order valence-corrected chi connectivity index (χ2v) is 6.38. The number of carbonyl (C=O) groups is 2. The number of rotatable bonds is 5. The number of carbonyl (C=O) groups excluding carboxylic acids is 2. The van der Waals surface area contributed by atoms with Crippen LogP contribution in [-0.4, -0.2) is 11.8 Å². The van der Waals surface area contributed by atoms with Crippen LogP contribution in [0.4, 0.5) is 21.5 Å². The first kappa shape index (κ1) is 19.1. The van der Waals surface area contributed by atoms with Crippen molar-refractivity contribution in [1.82, 2.24) is 0 Å². The number of anilines is 3. The van der Waals surface area contributed by atoms with E-state index in [4.69, 9.17) is 5.73 Å². The van der Waals surface area contributed by atoms with Gasteiger partial charge in [0, 0.05) is 11.3 Å². The number of halogens is 1. The van der Waals surface area contributed by atoms with Gasteiger partial charge >= 0.3 is 0 Å². The van der Waals surface area contributed by atoms with E-state index in [1.807, 2.05) is 37.3 Å². The molecule has 0 spiro atoms. The van der Waals surface area contributed by atoms with Crippen molar-refractivity contribution < 1.29 is 14.0 Å². The van der Waals surface area contributed by atoms with Crippen LogP contribution in [0, 0.1) is 5.82 Å². The zero-order valence-corrected chi connectivity index (χ0v) is 15.3. The van der Waals surface area contributed by atoms with Crippen molar-refractivity contribution in [2.75, 3.05) is 16.4 Å². The predicted octanol–water partition coefficient (Wildman–Crippen LogP) is 4.40. The lowest BCUT2D eigenvalue weighted by Gasteiger charge is -2.13. The molecule has 6 heteroatoms. The summed E-state index contributed by atoms with van der Waals surface area (Å²) in [5, 5.41) is 5.47. The molecular weight excluding hydrogens is 357 g/mol. The largest absolute Gasteiger partial charge is 0.397 e. The molecule has 0 unspecified atom stereocenters. The quantitative estimate of drug-likeness (QED) is 0.576. The van der Waals surface area contributed by atoms with E-state index in [1.54, 1.807) is 24.3 Å². The monoisotopic (exact) mass is 377 g/mol. The van der Waals surface area contributed by atoms with Crippen molar-refractivity contribution in [3.8, 4) is 0 Å². The highest BCUT2D eigenvalue weighted by atomic mass is 19.1. The first-order valence-corrected chi connectivity index (χ1v) is 8.76. The van der Waals surface area contributed by atoms with Crippen molar-refractivity contribution in [3.63, 3.8) is 0 Å². The number of hydrogen-bond acceptors (Lipinski definition) is 3. The van der Waals surface area contributed by atoms with Gasteiger partial charge in [0.15, 0.2) is 0 Å². The van der Waals surface area contributed by atoms with Gasteiger partial charge in [-0.3, -0.25) is 9.59 Å². The lowest BCUT2D eigenvalue weighted by molar-refractivity contribution is -0.117. The summed E-state index contributed by atoms with van der Waals surface area (Å²) in [6.07, 6.45) is 0. The Bertz CT molecular complexity index is 988. The normalized spacial score (nSPS) is 11.5. The average Bonchev–Trinajstić information content (AvgIpc) is 2.70. The fourth-order valence-corrected chi connectivity index (χ4v) is 2.69. The minimum Gasteiger partial charge on any atom is -0.397 e. The Morgan fingerprint density at radius 1 is 0.929 bits per heavy atom. The molecule has 0 saturated heterocycles. The van der Waals surface area contributed by atoms with Gasteiger partial charge in [-0.2, -0.15) is 0 Å². The third-order valence-electron chi connectivity index (χ3n) is 4.37. The highest BCUT2D eigenvalue weighted by molar-refractivity contribution is 6.06. The molecule has 0 heterocycles. The molecular formula is C22H20FN3O2. The minimum absolute atomic E-state index is 0.137. The molecule has 142 valence electrons.